The summed E-state index contributed by atoms with van der Waals surface area (Å²) >= 11 is 0. The highest BCUT2D eigenvalue weighted by Crippen LogP contribution is 2.23. The van der Waals surface area contributed by atoms with Crippen LogP contribution >= 0.6 is 0 Å². The molecule has 1 fully saturated rings. The number of halogens is 1. The number of hydrogen-bond acceptors (Lipinski definition) is 4. The number of nitrogens with zero attached hydrogens (tertiary/aromatic N) is 1. The molecule has 0 aromatic heterocycles. The Morgan fingerprint density at radius 1 is 1.03 bits per heavy atom. The third kappa shape index (κ3) is 5.49. The smallest absolute Gasteiger partial charge is 0.166 e. The molecule has 0 radical (unpaired) electrons. The fourth-order valence-electron chi connectivity index (χ4n) is 4.16. The number of ether oxygens (including phenoxy) is 2. The van der Waals surface area contributed by atoms with Crippen LogP contribution in [-0.4, -0.2) is 50.1 Å². The Hall–Kier alpha value is -2.76. The zero-order valence-corrected chi connectivity index (χ0v) is 17.8. The molecule has 4 nitrogen and oxygen atoms in total. The molecular weight excluding hydrogens is 393 g/mol. The summed E-state index contributed by atoms with van der Waals surface area (Å²) in [6.07, 6.45) is 1.56. The summed E-state index contributed by atoms with van der Waals surface area (Å²) in [7, 11) is 1.71. The Bertz CT molecular complexity index is 1010. The SMILES string of the molecule is COC(COc1ccc2ccccc2c1)CN1CCC(C(=O)c2ccc(F)cc2)CC1. The molecule has 162 valence electrons. The van der Waals surface area contributed by atoms with Crippen LogP contribution in [0.1, 0.15) is 23.2 Å². The van der Waals surface area contributed by atoms with Crippen LogP contribution in [-0.2, 0) is 4.74 Å². The van der Waals surface area contributed by atoms with Crippen molar-refractivity contribution in [2.45, 2.75) is 18.9 Å². The summed E-state index contributed by atoms with van der Waals surface area (Å²) in [5, 5.41) is 2.35. The quantitative estimate of drug-likeness (QED) is 0.482. The number of carbonyl (C=O) groups excluding carboxylic acids is 1. The Balaban J connectivity index is 1.26. The average molecular weight is 422 g/mol. The van der Waals surface area contributed by atoms with E-state index in [1.165, 1.54) is 17.5 Å². The minimum absolute atomic E-state index is 0.00319. The van der Waals surface area contributed by atoms with E-state index < -0.39 is 0 Å². The molecule has 1 aliphatic heterocycles. The highest BCUT2D eigenvalue weighted by molar-refractivity contribution is 5.97. The lowest BCUT2D eigenvalue weighted by molar-refractivity contribution is 0.0212. The van der Waals surface area contributed by atoms with Crippen LogP contribution < -0.4 is 4.74 Å². The van der Waals surface area contributed by atoms with E-state index in [1.807, 2.05) is 18.2 Å². The van der Waals surface area contributed by atoms with Crippen LogP contribution in [0.5, 0.6) is 5.75 Å². The Morgan fingerprint density at radius 3 is 2.45 bits per heavy atom. The van der Waals surface area contributed by atoms with Gasteiger partial charge in [0, 0.05) is 25.1 Å². The summed E-state index contributed by atoms with van der Waals surface area (Å²) in [6.45, 7) is 2.92. The first-order valence-electron chi connectivity index (χ1n) is 10.8. The van der Waals surface area contributed by atoms with Gasteiger partial charge < -0.3 is 14.4 Å². The molecule has 1 aliphatic rings. The number of methoxy groups -OCH3 is 1. The van der Waals surface area contributed by atoms with Crippen LogP contribution in [0.15, 0.2) is 66.7 Å². The molecule has 1 heterocycles. The van der Waals surface area contributed by atoms with Gasteiger partial charge in [0.05, 0.1) is 0 Å². The fraction of sp³-hybridized carbons (Fsp3) is 0.346. The number of ketones is 1. The maximum Gasteiger partial charge on any atom is 0.166 e. The van der Waals surface area contributed by atoms with Gasteiger partial charge in [-0.25, -0.2) is 4.39 Å². The van der Waals surface area contributed by atoms with Gasteiger partial charge in [0.25, 0.3) is 0 Å². The van der Waals surface area contributed by atoms with Gasteiger partial charge in [0.2, 0.25) is 0 Å². The van der Waals surface area contributed by atoms with Crippen molar-refractivity contribution in [3.8, 4) is 5.75 Å². The minimum atomic E-state index is -0.317. The lowest BCUT2D eigenvalue weighted by Crippen LogP contribution is -2.42. The van der Waals surface area contributed by atoms with Gasteiger partial charge in [0.15, 0.2) is 5.78 Å². The zero-order valence-electron chi connectivity index (χ0n) is 17.8. The van der Waals surface area contributed by atoms with Gasteiger partial charge in [-0.3, -0.25) is 4.79 Å². The van der Waals surface area contributed by atoms with E-state index in [2.05, 4.69) is 29.2 Å². The summed E-state index contributed by atoms with van der Waals surface area (Å²) in [5.41, 5.74) is 0.596. The Kier molecular flexibility index (Phi) is 6.95. The molecule has 0 aliphatic carbocycles. The molecule has 0 spiro atoms. The maximum atomic E-state index is 13.1. The van der Waals surface area contributed by atoms with Crippen molar-refractivity contribution in [3.63, 3.8) is 0 Å². The molecule has 1 atom stereocenters. The van der Waals surface area contributed by atoms with Crippen molar-refractivity contribution in [2.75, 3.05) is 33.4 Å². The van der Waals surface area contributed by atoms with E-state index in [9.17, 15) is 9.18 Å². The highest BCUT2D eigenvalue weighted by atomic mass is 19.1. The predicted molar refractivity (Wildman–Crippen MR) is 120 cm³/mol. The second kappa shape index (κ2) is 10.0. The molecule has 0 N–H and O–H groups in total. The lowest BCUT2D eigenvalue weighted by Gasteiger charge is -2.33. The summed E-state index contributed by atoms with van der Waals surface area (Å²) in [5.74, 6) is 0.631. The average Bonchev–Trinajstić information content (AvgIpc) is 2.82. The molecule has 1 unspecified atom stereocenters. The van der Waals surface area contributed by atoms with Gasteiger partial charge in [0.1, 0.15) is 24.3 Å². The van der Waals surface area contributed by atoms with E-state index in [4.69, 9.17) is 9.47 Å². The lowest BCUT2D eigenvalue weighted by atomic mass is 9.89. The Morgan fingerprint density at radius 2 is 1.74 bits per heavy atom. The monoisotopic (exact) mass is 421 g/mol. The summed E-state index contributed by atoms with van der Waals surface area (Å²) in [4.78, 5) is 15.0. The van der Waals surface area contributed by atoms with Crippen molar-refractivity contribution >= 4 is 16.6 Å². The van der Waals surface area contributed by atoms with Crippen LogP contribution in [0.4, 0.5) is 4.39 Å². The predicted octanol–water partition coefficient (Wildman–Crippen LogP) is 4.97. The van der Waals surface area contributed by atoms with Crippen LogP contribution in [0.3, 0.4) is 0 Å². The van der Waals surface area contributed by atoms with Gasteiger partial charge in [-0.1, -0.05) is 30.3 Å². The van der Waals surface area contributed by atoms with E-state index in [0.717, 1.165) is 43.6 Å². The van der Waals surface area contributed by atoms with Crippen LogP contribution in [0.25, 0.3) is 10.8 Å². The fourth-order valence-corrected chi connectivity index (χ4v) is 4.16. The number of carbonyl (C=O) groups is 1. The van der Waals surface area contributed by atoms with Crippen LogP contribution in [0.2, 0.25) is 0 Å². The second-order valence-electron chi connectivity index (χ2n) is 8.12. The molecule has 0 amide bonds. The van der Waals surface area contributed by atoms with Crippen molar-refractivity contribution in [1.29, 1.82) is 0 Å². The number of Topliss-reactive ketones (excluding diaryl/α,β-unsaturated/α-hetero) is 1. The molecule has 3 aromatic carbocycles. The van der Waals surface area contributed by atoms with Gasteiger partial charge in [-0.2, -0.15) is 0 Å². The van der Waals surface area contributed by atoms with Crippen molar-refractivity contribution in [2.24, 2.45) is 5.92 Å². The number of fused-ring (bicyclic) bond motifs is 1. The molecule has 3 aromatic rings. The third-order valence-electron chi connectivity index (χ3n) is 6.04. The number of likely N-dealkylation sites (tertiary alicyclic amines) is 1. The topological polar surface area (TPSA) is 38.8 Å². The molecule has 1 saturated heterocycles. The zero-order chi connectivity index (χ0) is 21.6. The number of piperidine rings is 1. The maximum absolute atomic E-state index is 13.1. The van der Waals surface area contributed by atoms with Crippen molar-refractivity contribution < 1.29 is 18.7 Å². The molecule has 4 rings (SSSR count). The first-order valence-corrected chi connectivity index (χ1v) is 10.8. The number of rotatable bonds is 8. The van der Waals surface area contributed by atoms with Crippen molar-refractivity contribution in [1.82, 2.24) is 4.90 Å². The number of benzene rings is 3. The normalized spacial score (nSPS) is 16.3. The van der Waals surface area contributed by atoms with Crippen LogP contribution in [0, 0.1) is 11.7 Å². The van der Waals surface area contributed by atoms with E-state index >= 15 is 0 Å². The molecule has 31 heavy (non-hydrogen) atoms. The Labute approximate surface area is 182 Å². The first kappa shape index (κ1) is 21.5. The van der Waals surface area contributed by atoms with E-state index in [1.54, 1.807) is 19.2 Å². The minimum Gasteiger partial charge on any atom is -0.491 e. The largest absolute Gasteiger partial charge is 0.491 e. The molecule has 0 bridgehead atoms. The molecule has 5 heteroatoms. The van der Waals surface area contributed by atoms with Crippen molar-refractivity contribution in [3.05, 3.63) is 78.1 Å². The third-order valence-corrected chi connectivity index (χ3v) is 6.04. The van der Waals surface area contributed by atoms with E-state index in [0.29, 0.717) is 12.2 Å². The summed E-state index contributed by atoms with van der Waals surface area (Å²) < 4.78 is 24.7. The van der Waals surface area contributed by atoms with E-state index in [-0.39, 0.29) is 23.6 Å². The van der Waals surface area contributed by atoms with Gasteiger partial charge >= 0.3 is 0 Å². The summed E-state index contributed by atoms with van der Waals surface area (Å²) in [6, 6.07) is 20.2. The second-order valence-corrected chi connectivity index (χ2v) is 8.12. The van der Waals surface area contributed by atoms with Gasteiger partial charge in [-0.15, -0.1) is 0 Å². The first-order chi connectivity index (χ1) is 15.1. The standard InChI is InChI=1S/C26H28FNO3/c1-30-25(18-31-24-11-8-19-4-2-3-5-22(19)16-24)17-28-14-12-21(13-15-28)26(29)20-6-9-23(27)10-7-20/h2-11,16,21,25H,12-15,17-18H2,1H3. The van der Waals surface area contributed by atoms with Gasteiger partial charge in [-0.05, 0) is 73.1 Å². The molecular formula is C26H28FNO3. The molecule has 0 saturated carbocycles. The highest BCUT2D eigenvalue weighted by Gasteiger charge is 2.27. The number of hydrogen-bond donors (Lipinski definition) is 0.